The molecule has 37 heavy (non-hydrogen) atoms. The number of carbonyl (C=O) groups is 2. The number of sulfonamides is 1. The number of amides is 2. The lowest BCUT2D eigenvalue weighted by Gasteiger charge is -2.33. The smallest absolute Gasteiger partial charge is 0.267 e. The second-order valence-electron chi connectivity index (χ2n) is 8.72. The molecule has 0 bridgehead atoms. The molecule has 10 nitrogen and oxygen atoms in total. The quantitative estimate of drug-likeness (QED) is 0.428. The van der Waals surface area contributed by atoms with E-state index >= 15 is 0 Å². The molecule has 3 rings (SSSR count). The van der Waals surface area contributed by atoms with Crippen LogP contribution in [0, 0.1) is 0 Å². The maximum atomic E-state index is 13.5. The van der Waals surface area contributed by atoms with E-state index in [0.29, 0.717) is 44.7 Å². The van der Waals surface area contributed by atoms with E-state index < -0.39 is 28.5 Å². The molecule has 0 spiro atoms. The van der Waals surface area contributed by atoms with E-state index in [1.807, 2.05) is 18.7 Å². The van der Waals surface area contributed by atoms with Crippen LogP contribution < -0.4 is 15.8 Å². The average Bonchev–Trinajstić information content (AvgIpc) is 3.25. The van der Waals surface area contributed by atoms with Gasteiger partial charge in [-0.25, -0.2) is 8.42 Å². The van der Waals surface area contributed by atoms with Crippen LogP contribution in [0.5, 0.6) is 5.75 Å². The molecule has 3 N–H and O–H groups in total. The van der Waals surface area contributed by atoms with Gasteiger partial charge in [-0.15, -0.1) is 0 Å². The van der Waals surface area contributed by atoms with E-state index in [9.17, 15) is 22.4 Å². The van der Waals surface area contributed by atoms with Gasteiger partial charge in [0.1, 0.15) is 11.4 Å². The molecule has 12 heteroatoms. The third kappa shape index (κ3) is 6.31. The predicted octanol–water partition coefficient (Wildman–Crippen LogP) is 2.49. The lowest BCUT2D eigenvalue weighted by molar-refractivity contribution is 0.0992. The van der Waals surface area contributed by atoms with Crippen LogP contribution in [0.1, 0.15) is 53.6 Å². The van der Waals surface area contributed by atoms with E-state index in [1.165, 1.54) is 22.5 Å². The number of carbonyl (C=O) groups excluding carboxylic acids is 2. The molecule has 1 aromatic carbocycles. The number of hydrogen-bond donors (Lipinski definition) is 2. The highest BCUT2D eigenvalue weighted by atomic mass is 32.2. The zero-order chi connectivity index (χ0) is 27.2. The van der Waals surface area contributed by atoms with E-state index in [2.05, 4.69) is 5.32 Å². The molecule has 1 aromatic heterocycles. The normalized spacial score (nSPS) is 15.0. The van der Waals surface area contributed by atoms with Gasteiger partial charge in [-0.1, -0.05) is 6.92 Å². The molecule has 1 aliphatic heterocycles. The summed E-state index contributed by atoms with van der Waals surface area (Å²) < 4.78 is 48.0. The Morgan fingerprint density at radius 3 is 2.41 bits per heavy atom. The summed E-state index contributed by atoms with van der Waals surface area (Å²) in [5, 5.41) is 2.78. The predicted molar refractivity (Wildman–Crippen MR) is 139 cm³/mol. The monoisotopic (exact) mass is 537 g/mol. The number of halogens is 1. The van der Waals surface area contributed by atoms with Crippen LogP contribution in [0.4, 0.5) is 10.1 Å². The minimum absolute atomic E-state index is 0.0321. The van der Waals surface area contributed by atoms with Crippen molar-refractivity contribution in [3.8, 4) is 5.75 Å². The number of aryl methyl sites for hydroxylation is 2. The number of nitrogens with zero attached hydrogens (tertiary/aromatic N) is 3. The fourth-order valence-electron chi connectivity index (χ4n) is 4.47. The maximum absolute atomic E-state index is 13.5. The standard InChI is InChI=1S/C25H36FN5O5S/c1-4-18-17-30(5-2)23(24(27)32)22(18)28-25(33)20-16-19(8-9-21(20)36-6-3)37(34,35)31-14-12-29(13-15-31)11-7-10-26/h8-9,16-17H,4-7,10-15H2,1-3H3,(H2,27,32)(H,28,33). The highest BCUT2D eigenvalue weighted by Gasteiger charge is 2.30. The zero-order valence-electron chi connectivity index (χ0n) is 21.6. The van der Waals surface area contributed by atoms with Gasteiger partial charge >= 0.3 is 0 Å². The minimum Gasteiger partial charge on any atom is -0.493 e. The summed E-state index contributed by atoms with van der Waals surface area (Å²) in [5.41, 5.74) is 6.86. The molecular formula is C25H36FN5O5S. The molecule has 204 valence electrons. The lowest BCUT2D eigenvalue weighted by atomic mass is 10.1. The van der Waals surface area contributed by atoms with Crippen molar-refractivity contribution >= 4 is 27.5 Å². The van der Waals surface area contributed by atoms with Crippen LogP contribution in [-0.4, -0.2) is 80.0 Å². The number of ether oxygens (including phenoxy) is 1. The van der Waals surface area contributed by atoms with Gasteiger partial charge in [0.2, 0.25) is 10.0 Å². The largest absolute Gasteiger partial charge is 0.493 e. The third-order valence-corrected chi connectivity index (χ3v) is 8.32. The highest BCUT2D eigenvalue weighted by molar-refractivity contribution is 7.89. The molecule has 0 aliphatic carbocycles. The number of hydrogen-bond acceptors (Lipinski definition) is 6. The SMILES string of the molecule is CCOc1ccc(S(=O)(=O)N2CCN(CCCF)CC2)cc1C(=O)Nc1c(CC)cn(CC)c1C(N)=O. The number of primary amides is 1. The number of nitrogens with two attached hydrogens (primary N) is 1. The first-order valence-corrected chi connectivity index (χ1v) is 14.0. The number of alkyl halides is 1. The fourth-order valence-corrected chi connectivity index (χ4v) is 5.92. The topological polar surface area (TPSA) is 127 Å². The van der Waals surface area contributed by atoms with E-state index in [-0.39, 0.29) is 41.6 Å². The van der Waals surface area contributed by atoms with Crippen LogP contribution in [-0.2, 0) is 23.0 Å². The van der Waals surface area contributed by atoms with Crippen LogP contribution in [0.2, 0.25) is 0 Å². The summed E-state index contributed by atoms with van der Waals surface area (Å²) in [6, 6.07) is 4.19. The van der Waals surface area contributed by atoms with Gasteiger partial charge in [0.25, 0.3) is 11.8 Å². The summed E-state index contributed by atoms with van der Waals surface area (Å²) in [4.78, 5) is 27.6. The van der Waals surface area contributed by atoms with Crippen molar-refractivity contribution in [3.05, 3.63) is 41.2 Å². The Labute approximate surface area is 217 Å². The summed E-state index contributed by atoms with van der Waals surface area (Å²) in [7, 11) is -3.88. The summed E-state index contributed by atoms with van der Waals surface area (Å²) in [6.07, 6.45) is 2.74. The maximum Gasteiger partial charge on any atom is 0.267 e. The Hall–Kier alpha value is -2.96. The summed E-state index contributed by atoms with van der Waals surface area (Å²) >= 11 is 0. The number of nitrogens with one attached hydrogen (secondary N) is 1. The van der Waals surface area contributed by atoms with Crippen molar-refractivity contribution in [2.75, 3.05) is 51.3 Å². The highest BCUT2D eigenvalue weighted by Crippen LogP contribution is 2.29. The van der Waals surface area contributed by atoms with Crippen LogP contribution in [0.3, 0.4) is 0 Å². The molecule has 0 unspecified atom stereocenters. The Morgan fingerprint density at radius 2 is 1.84 bits per heavy atom. The molecule has 2 heterocycles. The summed E-state index contributed by atoms with van der Waals surface area (Å²) in [6.45, 7) is 8.02. The Morgan fingerprint density at radius 1 is 1.14 bits per heavy atom. The first-order valence-electron chi connectivity index (χ1n) is 12.6. The first-order chi connectivity index (χ1) is 17.7. The van der Waals surface area contributed by atoms with Gasteiger partial charge in [-0.05, 0) is 50.5 Å². The van der Waals surface area contributed by atoms with Crippen LogP contribution in [0.15, 0.2) is 29.3 Å². The molecule has 0 radical (unpaired) electrons. The number of piperazine rings is 1. The van der Waals surface area contributed by atoms with Crippen molar-refractivity contribution in [3.63, 3.8) is 0 Å². The number of anilines is 1. The van der Waals surface area contributed by atoms with Crippen molar-refractivity contribution < 1.29 is 27.1 Å². The van der Waals surface area contributed by atoms with Gasteiger partial charge < -0.3 is 25.3 Å². The van der Waals surface area contributed by atoms with Crippen LogP contribution in [0.25, 0.3) is 0 Å². The van der Waals surface area contributed by atoms with Crippen molar-refractivity contribution in [2.45, 2.75) is 45.1 Å². The summed E-state index contributed by atoms with van der Waals surface area (Å²) in [5.74, 6) is -1.06. The molecule has 2 aromatic rings. The second kappa shape index (κ2) is 12.5. The zero-order valence-corrected chi connectivity index (χ0v) is 22.4. The molecule has 0 saturated carbocycles. The van der Waals surface area contributed by atoms with Gasteiger partial charge in [0.15, 0.2) is 0 Å². The Kier molecular flexibility index (Phi) is 9.68. The molecular weight excluding hydrogens is 501 g/mol. The fraction of sp³-hybridized carbons (Fsp3) is 0.520. The minimum atomic E-state index is -3.88. The number of aromatic nitrogens is 1. The average molecular weight is 538 g/mol. The van der Waals surface area contributed by atoms with Gasteiger partial charge in [-0.2, -0.15) is 4.31 Å². The van der Waals surface area contributed by atoms with E-state index in [4.69, 9.17) is 10.5 Å². The molecule has 1 fully saturated rings. The third-order valence-electron chi connectivity index (χ3n) is 6.42. The van der Waals surface area contributed by atoms with Crippen molar-refractivity contribution in [2.24, 2.45) is 5.73 Å². The Bertz CT molecular complexity index is 1220. The van der Waals surface area contributed by atoms with E-state index in [0.717, 1.165) is 5.56 Å². The number of benzene rings is 1. The lowest BCUT2D eigenvalue weighted by Crippen LogP contribution is -2.48. The first kappa shape index (κ1) is 28.6. The number of rotatable bonds is 12. The van der Waals surface area contributed by atoms with Crippen LogP contribution >= 0.6 is 0 Å². The molecule has 1 aliphatic rings. The molecule has 2 amide bonds. The molecule has 1 saturated heterocycles. The van der Waals surface area contributed by atoms with Gasteiger partial charge in [-0.3, -0.25) is 14.0 Å². The Balaban J connectivity index is 1.92. The van der Waals surface area contributed by atoms with Gasteiger partial charge in [0.05, 0.1) is 29.4 Å². The molecule has 0 atom stereocenters. The van der Waals surface area contributed by atoms with E-state index in [1.54, 1.807) is 17.7 Å². The second-order valence-corrected chi connectivity index (χ2v) is 10.7. The van der Waals surface area contributed by atoms with Gasteiger partial charge in [0, 0.05) is 45.5 Å². The van der Waals surface area contributed by atoms with Crippen molar-refractivity contribution in [1.82, 2.24) is 13.8 Å². The van der Waals surface area contributed by atoms with Crippen molar-refractivity contribution in [1.29, 1.82) is 0 Å².